The summed E-state index contributed by atoms with van der Waals surface area (Å²) >= 11 is 0. The van der Waals surface area contributed by atoms with E-state index < -0.39 is 0 Å². The summed E-state index contributed by atoms with van der Waals surface area (Å²) in [7, 11) is 0. The summed E-state index contributed by atoms with van der Waals surface area (Å²) in [4.78, 5) is 16.4. The number of ether oxygens (including phenoxy) is 1. The van der Waals surface area contributed by atoms with E-state index in [1.54, 1.807) is 0 Å². The highest BCUT2D eigenvalue weighted by Crippen LogP contribution is 2.17. The zero-order valence-corrected chi connectivity index (χ0v) is 14.1. The van der Waals surface area contributed by atoms with Gasteiger partial charge in [-0.2, -0.15) is 5.26 Å². The van der Waals surface area contributed by atoms with Gasteiger partial charge in [0.1, 0.15) is 23.7 Å². The number of carbonyl (C=O) groups is 1. The van der Waals surface area contributed by atoms with Crippen molar-refractivity contribution in [2.75, 3.05) is 17.2 Å². The van der Waals surface area contributed by atoms with Crippen LogP contribution in [0.5, 0.6) is 0 Å². The van der Waals surface area contributed by atoms with Gasteiger partial charge in [0.25, 0.3) is 5.91 Å². The monoisotopic (exact) mass is 336 g/mol. The molecule has 1 fully saturated rings. The summed E-state index contributed by atoms with van der Waals surface area (Å²) in [6.45, 7) is 3.05. The van der Waals surface area contributed by atoms with E-state index in [9.17, 15) is 4.79 Å². The lowest BCUT2D eigenvalue weighted by Gasteiger charge is -2.12. The van der Waals surface area contributed by atoms with E-state index in [0.717, 1.165) is 29.7 Å². The van der Waals surface area contributed by atoms with Gasteiger partial charge in [-0.05, 0) is 49.1 Å². The van der Waals surface area contributed by atoms with Crippen molar-refractivity contribution >= 4 is 17.4 Å². The molecule has 6 nitrogen and oxygen atoms in total. The summed E-state index contributed by atoms with van der Waals surface area (Å²) in [5, 5.41) is 15.1. The first-order valence-corrected chi connectivity index (χ1v) is 8.29. The number of nitrogens with zero attached hydrogens (tertiary/aromatic N) is 2. The zero-order valence-electron chi connectivity index (χ0n) is 14.1. The van der Waals surface area contributed by atoms with Crippen molar-refractivity contribution in [1.82, 2.24) is 4.98 Å². The minimum Gasteiger partial charge on any atom is -0.368 e. The van der Waals surface area contributed by atoms with E-state index in [1.807, 2.05) is 43.3 Å². The molecular weight excluding hydrogens is 316 g/mol. The first-order chi connectivity index (χ1) is 12.2. The van der Waals surface area contributed by atoms with Crippen LogP contribution < -0.4 is 10.6 Å². The van der Waals surface area contributed by atoms with Gasteiger partial charge in [0.15, 0.2) is 0 Å². The third-order valence-corrected chi connectivity index (χ3v) is 4.09. The second-order valence-electron chi connectivity index (χ2n) is 6.02. The molecule has 0 aliphatic carbocycles. The van der Waals surface area contributed by atoms with Gasteiger partial charge >= 0.3 is 0 Å². The van der Waals surface area contributed by atoms with Crippen LogP contribution >= 0.6 is 0 Å². The number of hydrogen-bond acceptors (Lipinski definition) is 5. The number of aryl methyl sites for hydroxylation is 1. The largest absolute Gasteiger partial charge is 0.368 e. The van der Waals surface area contributed by atoms with Crippen LogP contribution in [0.1, 0.15) is 29.7 Å². The summed E-state index contributed by atoms with van der Waals surface area (Å²) in [5.74, 6) is 0.553. The van der Waals surface area contributed by atoms with E-state index in [0.29, 0.717) is 24.7 Å². The molecule has 1 atom stereocenters. The molecule has 1 saturated heterocycles. The molecule has 1 amide bonds. The molecule has 1 aliphatic heterocycles. The van der Waals surface area contributed by atoms with Gasteiger partial charge in [-0.3, -0.25) is 4.79 Å². The highest BCUT2D eigenvalue weighted by atomic mass is 16.5. The quantitative estimate of drug-likeness (QED) is 0.876. The maximum Gasteiger partial charge on any atom is 0.253 e. The molecule has 1 unspecified atom stereocenters. The molecule has 3 rings (SSSR count). The molecule has 128 valence electrons. The molecule has 2 heterocycles. The fourth-order valence-electron chi connectivity index (χ4n) is 2.70. The lowest BCUT2D eigenvalue weighted by molar-refractivity contribution is -0.124. The van der Waals surface area contributed by atoms with Crippen molar-refractivity contribution in [2.45, 2.75) is 32.4 Å². The maximum absolute atomic E-state index is 12.1. The maximum atomic E-state index is 12.1. The molecule has 25 heavy (non-hydrogen) atoms. The van der Waals surface area contributed by atoms with Crippen molar-refractivity contribution in [3.8, 4) is 6.07 Å². The average Bonchev–Trinajstić information content (AvgIpc) is 3.16. The Labute approximate surface area is 146 Å². The molecular formula is C19H20N4O2. The second-order valence-corrected chi connectivity index (χ2v) is 6.02. The number of hydrogen-bond donors (Lipinski definition) is 2. The standard InChI is InChI=1S/C19H20N4O2/c1-13-7-8-18(23-16(13)11-20)21-12-14-4-2-5-15(10-14)22-19(24)17-6-3-9-25-17/h2,4-5,7-8,10,17H,3,6,9,12H2,1H3,(H,21,23)(H,22,24). The summed E-state index contributed by atoms with van der Waals surface area (Å²) in [6, 6.07) is 13.4. The number of pyridine rings is 1. The lowest BCUT2D eigenvalue weighted by atomic mass is 10.1. The van der Waals surface area contributed by atoms with Crippen molar-refractivity contribution in [3.05, 3.63) is 53.2 Å². The van der Waals surface area contributed by atoms with Gasteiger partial charge in [0, 0.05) is 18.8 Å². The molecule has 1 aromatic carbocycles. The molecule has 0 spiro atoms. The number of benzene rings is 1. The number of aromatic nitrogens is 1. The highest BCUT2D eigenvalue weighted by Gasteiger charge is 2.23. The SMILES string of the molecule is Cc1ccc(NCc2cccc(NC(=O)C3CCCO3)c2)nc1C#N. The van der Waals surface area contributed by atoms with Crippen LogP contribution in [0.15, 0.2) is 36.4 Å². The van der Waals surface area contributed by atoms with Crippen molar-refractivity contribution in [2.24, 2.45) is 0 Å². The van der Waals surface area contributed by atoms with E-state index in [1.165, 1.54) is 0 Å². The van der Waals surface area contributed by atoms with Crippen LogP contribution in [0.2, 0.25) is 0 Å². The minimum absolute atomic E-state index is 0.0959. The molecule has 0 bridgehead atoms. The normalized spacial score (nSPS) is 16.2. The van der Waals surface area contributed by atoms with Crippen LogP contribution in [0.3, 0.4) is 0 Å². The second kappa shape index (κ2) is 7.77. The first-order valence-electron chi connectivity index (χ1n) is 8.29. The fraction of sp³-hybridized carbons (Fsp3) is 0.316. The van der Waals surface area contributed by atoms with Gasteiger partial charge < -0.3 is 15.4 Å². The number of amides is 1. The number of nitrogens with one attached hydrogen (secondary N) is 2. The Balaban J connectivity index is 1.62. The Morgan fingerprint density at radius 1 is 1.40 bits per heavy atom. The fourth-order valence-corrected chi connectivity index (χ4v) is 2.70. The van der Waals surface area contributed by atoms with E-state index in [-0.39, 0.29) is 12.0 Å². The van der Waals surface area contributed by atoms with Gasteiger partial charge in [-0.25, -0.2) is 4.98 Å². The van der Waals surface area contributed by atoms with Gasteiger partial charge in [-0.1, -0.05) is 18.2 Å². The first kappa shape index (κ1) is 16.9. The zero-order chi connectivity index (χ0) is 17.6. The molecule has 2 N–H and O–H groups in total. The van der Waals surface area contributed by atoms with Gasteiger partial charge in [-0.15, -0.1) is 0 Å². The molecule has 0 saturated carbocycles. The van der Waals surface area contributed by atoms with Crippen LogP contribution in [0.4, 0.5) is 11.5 Å². The van der Waals surface area contributed by atoms with E-state index in [2.05, 4.69) is 21.7 Å². The predicted molar refractivity (Wildman–Crippen MR) is 95.1 cm³/mol. The number of anilines is 2. The predicted octanol–water partition coefficient (Wildman–Crippen LogP) is 2.99. The Morgan fingerprint density at radius 3 is 3.04 bits per heavy atom. The third-order valence-electron chi connectivity index (χ3n) is 4.09. The number of carbonyl (C=O) groups excluding carboxylic acids is 1. The number of rotatable bonds is 5. The Morgan fingerprint density at radius 2 is 2.28 bits per heavy atom. The van der Waals surface area contributed by atoms with Crippen LogP contribution in [-0.4, -0.2) is 23.6 Å². The van der Waals surface area contributed by atoms with Gasteiger partial charge in [0.05, 0.1) is 0 Å². The lowest BCUT2D eigenvalue weighted by Crippen LogP contribution is -2.26. The Bertz CT molecular complexity index is 807. The summed E-state index contributed by atoms with van der Waals surface area (Å²) in [5.41, 5.74) is 3.02. The van der Waals surface area contributed by atoms with Crippen LogP contribution in [0, 0.1) is 18.3 Å². The topological polar surface area (TPSA) is 87.0 Å². The average molecular weight is 336 g/mol. The van der Waals surface area contributed by atoms with Crippen molar-refractivity contribution < 1.29 is 9.53 Å². The van der Waals surface area contributed by atoms with Crippen LogP contribution in [-0.2, 0) is 16.1 Å². The Kier molecular flexibility index (Phi) is 5.26. The van der Waals surface area contributed by atoms with Crippen molar-refractivity contribution in [3.63, 3.8) is 0 Å². The molecule has 0 radical (unpaired) electrons. The van der Waals surface area contributed by atoms with E-state index in [4.69, 9.17) is 10.00 Å². The molecule has 1 aromatic heterocycles. The highest BCUT2D eigenvalue weighted by molar-refractivity contribution is 5.94. The minimum atomic E-state index is -0.344. The smallest absolute Gasteiger partial charge is 0.253 e. The Hall–Kier alpha value is -2.91. The van der Waals surface area contributed by atoms with E-state index >= 15 is 0 Å². The molecule has 6 heteroatoms. The number of nitriles is 1. The summed E-state index contributed by atoms with van der Waals surface area (Å²) in [6.07, 6.45) is 1.35. The molecule has 1 aliphatic rings. The molecule has 2 aromatic rings. The summed E-state index contributed by atoms with van der Waals surface area (Å²) < 4.78 is 5.39. The van der Waals surface area contributed by atoms with Crippen LogP contribution in [0.25, 0.3) is 0 Å². The van der Waals surface area contributed by atoms with Crippen molar-refractivity contribution in [1.29, 1.82) is 5.26 Å². The third kappa shape index (κ3) is 4.34. The van der Waals surface area contributed by atoms with Gasteiger partial charge in [0.2, 0.25) is 0 Å².